The van der Waals surface area contributed by atoms with E-state index in [0.29, 0.717) is 6.04 Å². The highest BCUT2D eigenvalue weighted by molar-refractivity contribution is 7.80. The molecule has 86 valence electrons. The standard InChI is InChI=1S/C12H27NS/c1-6-12(9-14)8-13(11(4)5)7-10(2)3/h10-12,14H,6-9H2,1-5H3. The molecule has 0 aromatic carbocycles. The molecule has 0 aromatic heterocycles. The largest absolute Gasteiger partial charge is 0.300 e. The molecule has 0 radical (unpaired) electrons. The lowest BCUT2D eigenvalue weighted by atomic mass is 10.1. The number of hydrogen-bond donors (Lipinski definition) is 1. The summed E-state index contributed by atoms with van der Waals surface area (Å²) in [7, 11) is 0. The van der Waals surface area contributed by atoms with Gasteiger partial charge < -0.3 is 4.90 Å². The van der Waals surface area contributed by atoms with E-state index in [2.05, 4.69) is 52.1 Å². The van der Waals surface area contributed by atoms with E-state index in [0.717, 1.165) is 17.6 Å². The van der Waals surface area contributed by atoms with E-state index in [1.807, 2.05) is 0 Å². The Hall–Kier alpha value is 0.310. The van der Waals surface area contributed by atoms with Gasteiger partial charge in [0.15, 0.2) is 0 Å². The van der Waals surface area contributed by atoms with Crippen molar-refractivity contribution in [2.45, 2.75) is 47.1 Å². The van der Waals surface area contributed by atoms with Crippen LogP contribution in [0.2, 0.25) is 0 Å². The van der Waals surface area contributed by atoms with Crippen molar-refractivity contribution < 1.29 is 0 Å². The predicted molar refractivity (Wildman–Crippen MR) is 69.2 cm³/mol. The molecule has 14 heavy (non-hydrogen) atoms. The Morgan fingerprint density at radius 1 is 1.07 bits per heavy atom. The van der Waals surface area contributed by atoms with Crippen LogP contribution in [0.15, 0.2) is 0 Å². The van der Waals surface area contributed by atoms with Crippen molar-refractivity contribution in [2.24, 2.45) is 11.8 Å². The Kier molecular flexibility index (Phi) is 7.75. The van der Waals surface area contributed by atoms with Crippen LogP contribution in [0.4, 0.5) is 0 Å². The summed E-state index contributed by atoms with van der Waals surface area (Å²) in [4.78, 5) is 2.58. The van der Waals surface area contributed by atoms with Crippen LogP contribution in [0, 0.1) is 11.8 Å². The second-order valence-electron chi connectivity index (χ2n) is 4.90. The molecule has 0 spiro atoms. The Labute approximate surface area is 95.7 Å². The molecule has 0 fully saturated rings. The van der Waals surface area contributed by atoms with Crippen LogP contribution in [-0.2, 0) is 0 Å². The van der Waals surface area contributed by atoms with Crippen molar-refractivity contribution >= 4 is 12.6 Å². The zero-order valence-corrected chi connectivity index (χ0v) is 11.3. The van der Waals surface area contributed by atoms with Gasteiger partial charge in [0.2, 0.25) is 0 Å². The summed E-state index contributed by atoms with van der Waals surface area (Å²) in [6.45, 7) is 13.8. The highest BCUT2D eigenvalue weighted by atomic mass is 32.1. The minimum absolute atomic E-state index is 0.659. The monoisotopic (exact) mass is 217 g/mol. The molecule has 0 amide bonds. The van der Waals surface area contributed by atoms with E-state index in [-0.39, 0.29) is 0 Å². The van der Waals surface area contributed by atoms with Gasteiger partial charge in [-0.1, -0.05) is 27.2 Å². The number of nitrogens with zero attached hydrogens (tertiary/aromatic N) is 1. The maximum Gasteiger partial charge on any atom is 0.00388 e. The maximum atomic E-state index is 4.40. The second-order valence-corrected chi connectivity index (χ2v) is 5.26. The topological polar surface area (TPSA) is 3.24 Å². The van der Waals surface area contributed by atoms with Crippen molar-refractivity contribution in [3.63, 3.8) is 0 Å². The molecule has 0 N–H and O–H groups in total. The van der Waals surface area contributed by atoms with Crippen LogP contribution in [0.3, 0.4) is 0 Å². The summed E-state index contributed by atoms with van der Waals surface area (Å²) in [5.41, 5.74) is 0. The molecule has 1 atom stereocenters. The van der Waals surface area contributed by atoms with Crippen LogP contribution in [-0.4, -0.2) is 29.8 Å². The van der Waals surface area contributed by atoms with E-state index >= 15 is 0 Å². The second kappa shape index (κ2) is 7.58. The highest BCUT2D eigenvalue weighted by Crippen LogP contribution is 2.12. The van der Waals surface area contributed by atoms with Gasteiger partial charge in [0.05, 0.1) is 0 Å². The fraction of sp³-hybridized carbons (Fsp3) is 1.00. The van der Waals surface area contributed by atoms with Crippen LogP contribution in [0.5, 0.6) is 0 Å². The van der Waals surface area contributed by atoms with Gasteiger partial charge >= 0.3 is 0 Å². The number of hydrogen-bond acceptors (Lipinski definition) is 2. The maximum absolute atomic E-state index is 4.40. The first kappa shape index (κ1) is 14.3. The van der Waals surface area contributed by atoms with E-state index < -0.39 is 0 Å². The first-order valence-corrected chi connectivity index (χ1v) is 6.49. The molecule has 0 aliphatic rings. The van der Waals surface area contributed by atoms with Crippen LogP contribution >= 0.6 is 12.6 Å². The summed E-state index contributed by atoms with van der Waals surface area (Å²) < 4.78 is 0. The summed E-state index contributed by atoms with van der Waals surface area (Å²) in [5.74, 6) is 2.52. The fourth-order valence-corrected chi connectivity index (χ4v) is 1.99. The third-order valence-electron chi connectivity index (χ3n) is 2.66. The van der Waals surface area contributed by atoms with Gasteiger partial charge in [0.1, 0.15) is 0 Å². The van der Waals surface area contributed by atoms with Gasteiger partial charge in [0, 0.05) is 19.1 Å². The van der Waals surface area contributed by atoms with Crippen molar-refractivity contribution in [2.75, 3.05) is 18.8 Å². The minimum atomic E-state index is 0.659. The van der Waals surface area contributed by atoms with E-state index in [9.17, 15) is 0 Å². The molecular weight excluding hydrogens is 190 g/mol. The molecule has 1 nitrogen and oxygen atoms in total. The quantitative estimate of drug-likeness (QED) is 0.640. The lowest BCUT2D eigenvalue weighted by Gasteiger charge is -2.31. The third-order valence-corrected chi connectivity index (χ3v) is 3.17. The first-order valence-electron chi connectivity index (χ1n) is 5.86. The van der Waals surface area contributed by atoms with Gasteiger partial charge in [0.25, 0.3) is 0 Å². The molecule has 0 aliphatic carbocycles. The molecule has 0 saturated heterocycles. The van der Waals surface area contributed by atoms with Gasteiger partial charge in [-0.05, 0) is 31.4 Å². The lowest BCUT2D eigenvalue weighted by molar-refractivity contribution is 0.172. The molecular formula is C12H27NS. The molecule has 2 heteroatoms. The minimum Gasteiger partial charge on any atom is -0.300 e. The summed E-state index contributed by atoms with van der Waals surface area (Å²) in [6.07, 6.45) is 1.24. The van der Waals surface area contributed by atoms with Crippen molar-refractivity contribution in [1.29, 1.82) is 0 Å². The van der Waals surface area contributed by atoms with E-state index in [1.54, 1.807) is 0 Å². The molecule has 0 aliphatic heterocycles. The van der Waals surface area contributed by atoms with Crippen molar-refractivity contribution in [3.8, 4) is 0 Å². The van der Waals surface area contributed by atoms with Gasteiger partial charge in [-0.3, -0.25) is 0 Å². The van der Waals surface area contributed by atoms with Crippen LogP contribution in [0.1, 0.15) is 41.0 Å². The average molecular weight is 217 g/mol. The molecule has 0 heterocycles. The van der Waals surface area contributed by atoms with Gasteiger partial charge in [-0.2, -0.15) is 12.6 Å². The average Bonchev–Trinajstić information content (AvgIpc) is 2.11. The van der Waals surface area contributed by atoms with E-state index in [4.69, 9.17) is 0 Å². The van der Waals surface area contributed by atoms with Crippen LogP contribution < -0.4 is 0 Å². The zero-order chi connectivity index (χ0) is 11.1. The Bertz CT molecular complexity index is 130. The van der Waals surface area contributed by atoms with Crippen molar-refractivity contribution in [1.82, 2.24) is 4.90 Å². The summed E-state index contributed by atoms with van der Waals surface area (Å²) in [6, 6.07) is 0.659. The predicted octanol–water partition coefficient (Wildman–Crippen LogP) is 3.31. The molecule has 1 unspecified atom stereocenters. The number of rotatable bonds is 7. The number of thiol groups is 1. The Morgan fingerprint density at radius 2 is 1.64 bits per heavy atom. The molecule has 0 rings (SSSR count). The molecule has 0 saturated carbocycles. The Morgan fingerprint density at radius 3 is 1.93 bits per heavy atom. The summed E-state index contributed by atoms with van der Waals surface area (Å²) in [5, 5.41) is 0. The highest BCUT2D eigenvalue weighted by Gasteiger charge is 2.15. The molecule has 0 bridgehead atoms. The van der Waals surface area contributed by atoms with Gasteiger partial charge in [-0.25, -0.2) is 0 Å². The third kappa shape index (κ3) is 5.92. The fourth-order valence-electron chi connectivity index (χ4n) is 1.61. The lowest BCUT2D eigenvalue weighted by Crippen LogP contribution is -2.38. The van der Waals surface area contributed by atoms with Crippen LogP contribution in [0.25, 0.3) is 0 Å². The SMILES string of the molecule is CCC(CS)CN(CC(C)C)C(C)C. The molecule has 0 aromatic rings. The van der Waals surface area contributed by atoms with E-state index in [1.165, 1.54) is 19.5 Å². The summed E-state index contributed by atoms with van der Waals surface area (Å²) >= 11 is 4.40. The Balaban J connectivity index is 4.07. The smallest absolute Gasteiger partial charge is 0.00388 e. The van der Waals surface area contributed by atoms with Gasteiger partial charge in [-0.15, -0.1) is 0 Å². The zero-order valence-electron chi connectivity index (χ0n) is 10.5. The first-order chi connectivity index (χ1) is 6.51. The van der Waals surface area contributed by atoms with Crippen molar-refractivity contribution in [3.05, 3.63) is 0 Å². The normalized spacial score (nSPS) is 14.4.